The second-order valence-corrected chi connectivity index (χ2v) is 9.93. The van der Waals surface area contributed by atoms with Gasteiger partial charge in [-0.1, -0.05) is 34.1 Å². The Morgan fingerprint density at radius 1 is 1.00 bits per heavy atom. The van der Waals surface area contributed by atoms with Gasteiger partial charge in [-0.3, -0.25) is 9.59 Å². The number of nitrogens with zero attached hydrogens (tertiary/aromatic N) is 2. The number of para-hydroxylation sites is 1. The van der Waals surface area contributed by atoms with Gasteiger partial charge in [0, 0.05) is 42.8 Å². The molecule has 1 unspecified atom stereocenters. The number of nitrogens with one attached hydrogen (secondary N) is 1. The predicted molar refractivity (Wildman–Crippen MR) is 112 cm³/mol. The van der Waals surface area contributed by atoms with Crippen molar-refractivity contribution in [3.05, 3.63) is 58.6 Å². The van der Waals surface area contributed by atoms with E-state index < -0.39 is 15.9 Å². The van der Waals surface area contributed by atoms with Crippen molar-refractivity contribution in [3.63, 3.8) is 0 Å². The van der Waals surface area contributed by atoms with E-state index >= 15 is 0 Å². The first kappa shape index (κ1) is 20.1. The van der Waals surface area contributed by atoms with Crippen molar-refractivity contribution in [2.75, 3.05) is 31.5 Å². The lowest BCUT2D eigenvalue weighted by atomic mass is 9.89. The van der Waals surface area contributed by atoms with Gasteiger partial charge in [0.2, 0.25) is 21.8 Å². The highest BCUT2D eigenvalue weighted by Gasteiger charge is 2.36. The number of halogens is 1. The van der Waals surface area contributed by atoms with Crippen LogP contribution in [0.25, 0.3) is 0 Å². The minimum absolute atomic E-state index is 0.104. The Labute approximate surface area is 177 Å². The molecule has 0 aliphatic carbocycles. The van der Waals surface area contributed by atoms with E-state index in [1.165, 1.54) is 4.31 Å². The first-order valence-electron chi connectivity index (χ1n) is 9.29. The fourth-order valence-electron chi connectivity index (χ4n) is 3.76. The van der Waals surface area contributed by atoms with Gasteiger partial charge in [-0.25, -0.2) is 8.42 Å². The highest BCUT2D eigenvalue weighted by atomic mass is 79.9. The normalized spacial score (nSPS) is 20.1. The van der Waals surface area contributed by atoms with Crippen LogP contribution in [0.15, 0.2) is 57.9 Å². The van der Waals surface area contributed by atoms with Crippen molar-refractivity contribution in [1.82, 2.24) is 9.21 Å². The second kappa shape index (κ2) is 7.89. The molecule has 2 aromatic carbocycles. The Morgan fingerprint density at radius 3 is 2.34 bits per heavy atom. The molecule has 1 N–H and O–H groups in total. The molecule has 2 amide bonds. The Bertz CT molecular complexity index is 1050. The molecule has 0 radical (unpaired) electrons. The number of carbonyl (C=O) groups is 2. The van der Waals surface area contributed by atoms with E-state index in [4.69, 9.17) is 0 Å². The summed E-state index contributed by atoms with van der Waals surface area (Å²) < 4.78 is 27.9. The topological polar surface area (TPSA) is 86.8 Å². The summed E-state index contributed by atoms with van der Waals surface area (Å²) in [4.78, 5) is 27.0. The smallest absolute Gasteiger partial charge is 0.243 e. The molecule has 29 heavy (non-hydrogen) atoms. The van der Waals surface area contributed by atoms with E-state index in [9.17, 15) is 18.0 Å². The van der Waals surface area contributed by atoms with Gasteiger partial charge in [0.15, 0.2) is 0 Å². The lowest BCUT2D eigenvalue weighted by molar-refractivity contribution is -0.136. The molecule has 1 fully saturated rings. The summed E-state index contributed by atoms with van der Waals surface area (Å²) in [5.41, 5.74) is 1.47. The minimum atomic E-state index is -3.60. The molecule has 4 rings (SSSR count). The molecule has 1 atom stereocenters. The lowest BCUT2D eigenvalue weighted by Gasteiger charge is -2.36. The Balaban J connectivity index is 1.47. The van der Waals surface area contributed by atoms with Gasteiger partial charge in [-0.05, 0) is 35.9 Å². The number of anilines is 1. The summed E-state index contributed by atoms with van der Waals surface area (Å²) in [6, 6.07) is 13.8. The molecule has 152 valence electrons. The largest absolute Gasteiger partial charge is 0.340 e. The van der Waals surface area contributed by atoms with E-state index in [1.807, 2.05) is 18.2 Å². The SMILES string of the molecule is O=C1CC(C(=O)N2CCN(S(=O)(=O)c3ccc(Br)cc3)CC2)c2ccccc2N1. The molecule has 7 nitrogen and oxygen atoms in total. The van der Waals surface area contributed by atoms with E-state index in [-0.39, 0.29) is 36.2 Å². The average Bonchev–Trinajstić information content (AvgIpc) is 2.73. The van der Waals surface area contributed by atoms with Crippen LogP contribution in [0.4, 0.5) is 5.69 Å². The number of hydrogen-bond acceptors (Lipinski definition) is 4. The molecular formula is C20H20BrN3O4S. The molecule has 0 saturated carbocycles. The maximum atomic E-state index is 13.1. The van der Waals surface area contributed by atoms with Crippen molar-refractivity contribution >= 4 is 43.5 Å². The zero-order chi connectivity index (χ0) is 20.6. The van der Waals surface area contributed by atoms with Crippen molar-refractivity contribution in [2.24, 2.45) is 0 Å². The van der Waals surface area contributed by atoms with Gasteiger partial charge in [0.25, 0.3) is 0 Å². The standard InChI is InChI=1S/C20H20BrN3O4S/c21-14-5-7-15(8-6-14)29(27,28)24-11-9-23(10-12-24)20(26)17-13-19(25)22-18-4-2-1-3-16(17)18/h1-8,17H,9-13H2,(H,22,25). The number of sulfonamides is 1. The number of carbonyl (C=O) groups excluding carboxylic acids is 2. The van der Waals surface area contributed by atoms with E-state index in [0.29, 0.717) is 18.8 Å². The van der Waals surface area contributed by atoms with Gasteiger partial charge >= 0.3 is 0 Å². The first-order valence-corrected chi connectivity index (χ1v) is 11.5. The fourth-order valence-corrected chi connectivity index (χ4v) is 5.44. The first-order chi connectivity index (χ1) is 13.9. The minimum Gasteiger partial charge on any atom is -0.340 e. The molecule has 2 aliphatic rings. The van der Waals surface area contributed by atoms with E-state index in [2.05, 4.69) is 21.2 Å². The molecule has 1 saturated heterocycles. The summed E-state index contributed by atoms with van der Waals surface area (Å²) in [5, 5.41) is 2.80. The molecule has 0 aromatic heterocycles. The lowest BCUT2D eigenvalue weighted by Crippen LogP contribution is -2.52. The van der Waals surface area contributed by atoms with Gasteiger partial charge in [-0.15, -0.1) is 0 Å². The van der Waals surface area contributed by atoms with Crippen LogP contribution < -0.4 is 5.32 Å². The van der Waals surface area contributed by atoms with Crippen molar-refractivity contribution in [2.45, 2.75) is 17.2 Å². The van der Waals surface area contributed by atoms with Crippen LogP contribution in [0.3, 0.4) is 0 Å². The van der Waals surface area contributed by atoms with Gasteiger partial charge in [0.05, 0.1) is 10.8 Å². The van der Waals surface area contributed by atoms with Crippen LogP contribution in [0.5, 0.6) is 0 Å². The summed E-state index contributed by atoms with van der Waals surface area (Å²) in [7, 11) is -3.60. The van der Waals surface area contributed by atoms with Gasteiger partial charge in [-0.2, -0.15) is 4.31 Å². The van der Waals surface area contributed by atoms with Crippen LogP contribution in [-0.2, 0) is 19.6 Å². The summed E-state index contributed by atoms with van der Waals surface area (Å²) in [5.74, 6) is -0.846. The molecule has 2 aromatic rings. The third kappa shape index (κ3) is 3.94. The Kier molecular flexibility index (Phi) is 5.46. The Hall–Kier alpha value is -2.23. The van der Waals surface area contributed by atoms with Crippen molar-refractivity contribution in [1.29, 1.82) is 0 Å². The van der Waals surface area contributed by atoms with E-state index in [1.54, 1.807) is 35.2 Å². The average molecular weight is 478 g/mol. The molecule has 0 spiro atoms. The summed E-state index contributed by atoms with van der Waals surface area (Å²) in [6.07, 6.45) is 0.104. The highest BCUT2D eigenvalue weighted by molar-refractivity contribution is 9.10. The van der Waals surface area contributed by atoms with Crippen LogP contribution in [0.2, 0.25) is 0 Å². The zero-order valence-electron chi connectivity index (χ0n) is 15.5. The Morgan fingerprint density at radius 2 is 1.66 bits per heavy atom. The number of hydrogen-bond donors (Lipinski definition) is 1. The monoisotopic (exact) mass is 477 g/mol. The number of rotatable bonds is 3. The number of fused-ring (bicyclic) bond motifs is 1. The van der Waals surface area contributed by atoms with E-state index in [0.717, 1.165) is 10.0 Å². The fraction of sp³-hybridized carbons (Fsp3) is 0.300. The maximum absolute atomic E-state index is 13.1. The predicted octanol–water partition coefficient (Wildman–Crippen LogP) is 2.41. The summed E-state index contributed by atoms with van der Waals surface area (Å²) in [6.45, 7) is 1.05. The number of benzene rings is 2. The maximum Gasteiger partial charge on any atom is 0.243 e. The number of piperazine rings is 1. The van der Waals surface area contributed by atoms with Crippen molar-refractivity contribution in [3.8, 4) is 0 Å². The zero-order valence-corrected chi connectivity index (χ0v) is 17.9. The summed E-state index contributed by atoms with van der Waals surface area (Å²) >= 11 is 3.30. The third-order valence-electron chi connectivity index (χ3n) is 5.30. The van der Waals surface area contributed by atoms with Crippen molar-refractivity contribution < 1.29 is 18.0 Å². The molecule has 2 aliphatic heterocycles. The quantitative estimate of drug-likeness (QED) is 0.734. The third-order valence-corrected chi connectivity index (χ3v) is 7.74. The van der Waals surface area contributed by atoms with Crippen LogP contribution >= 0.6 is 15.9 Å². The highest BCUT2D eigenvalue weighted by Crippen LogP contribution is 2.33. The van der Waals surface area contributed by atoms with Crippen LogP contribution in [-0.4, -0.2) is 55.6 Å². The molecule has 9 heteroatoms. The van der Waals surface area contributed by atoms with Crippen LogP contribution in [0, 0.1) is 0 Å². The molecular weight excluding hydrogens is 458 g/mol. The van der Waals surface area contributed by atoms with Gasteiger partial charge in [0.1, 0.15) is 0 Å². The van der Waals surface area contributed by atoms with Gasteiger partial charge < -0.3 is 10.2 Å². The number of amides is 2. The second-order valence-electron chi connectivity index (χ2n) is 7.08. The molecule has 0 bridgehead atoms. The van der Waals surface area contributed by atoms with Crippen LogP contribution in [0.1, 0.15) is 17.9 Å². The molecule has 2 heterocycles.